The van der Waals surface area contributed by atoms with Crippen molar-refractivity contribution in [3.05, 3.63) is 71.3 Å². The van der Waals surface area contributed by atoms with Crippen molar-refractivity contribution < 1.29 is 19.2 Å². The fourth-order valence-electron chi connectivity index (χ4n) is 4.57. The predicted octanol–water partition coefficient (Wildman–Crippen LogP) is 3.43. The largest absolute Gasteiger partial charge is 0.369 e. The number of carbonyl (C=O) groups excluding carboxylic acids is 4. The fraction of sp³-hybridized carbons (Fsp3) is 0.375. The Bertz CT molecular complexity index is 1500. The highest BCUT2D eigenvalue weighted by atomic mass is 16.2. The minimum absolute atomic E-state index is 0.0747. The van der Waals surface area contributed by atoms with Crippen molar-refractivity contribution in [2.45, 2.75) is 52.6 Å². The number of carbonyl (C=O) groups is 4. The van der Waals surface area contributed by atoms with Crippen LogP contribution in [-0.2, 0) is 13.1 Å². The molecule has 246 valence electrons. The maximum absolute atomic E-state index is 13.1. The van der Waals surface area contributed by atoms with Gasteiger partial charge in [0.25, 0.3) is 23.6 Å². The highest BCUT2D eigenvalue weighted by Crippen LogP contribution is 2.20. The van der Waals surface area contributed by atoms with Crippen molar-refractivity contribution in [2.75, 3.05) is 38.8 Å². The summed E-state index contributed by atoms with van der Waals surface area (Å²) in [5.74, 6) is -1.36. The van der Waals surface area contributed by atoms with Crippen molar-refractivity contribution in [3.8, 4) is 0 Å². The lowest BCUT2D eigenvalue weighted by Gasteiger charge is -2.16. The number of amides is 4. The Hall–Kier alpha value is -5.40. The number of aliphatic imine (C=N–C) groups is 2. The number of aromatic nitrogens is 2. The van der Waals surface area contributed by atoms with Crippen LogP contribution in [0.15, 0.2) is 58.8 Å². The van der Waals surface area contributed by atoms with Gasteiger partial charge in [0.15, 0.2) is 11.9 Å². The van der Waals surface area contributed by atoms with E-state index in [2.05, 4.69) is 20.6 Å². The highest BCUT2D eigenvalue weighted by Gasteiger charge is 2.22. The van der Waals surface area contributed by atoms with Gasteiger partial charge in [-0.2, -0.15) is 0 Å². The van der Waals surface area contributed by atoms with Crippen LogP contribution in [0, 0.1) is 0 Å². The molecule has 0 radical (unpaired) electrons. The summed E-state index contributed by atoms with van der Waals surface area (Å²) in [5.41, 5.74) is 13.9. The third-order valence-corrected chi connectivity index (χ3v) is 7.42. The van der Waals surface area contributed by atoms with Gasteiger partial charge in [-0.05, 0) is 49.2 Å². The molecule has 0 bridgehead atoms. The van der Waals surface area contributed by atoms with E-state index in [1.54, 1.807) is 57.9 Å². The average Bonchev–Trinajstić information content (AvgIpc) is 3.67. The van der Waals surface area contributed by atoms with Crippen LogP contribution in [0.2, 0.25) is 0 Å². The van der Waals surface area contributed by atoms with Gasteiger partial charge in [-0.1, -0.05) is 26.7 Å². The molecule has 0 spiro atoms. The maximum atomic E-state index is 13.1. The van der Waals surface area contributed by atoms with Crippen LogP contribution in [0.25, 0.3) is 0 Å². The molecular formula is C32H44N10O4. The van der Waals surface area contributed by atoms with Gasteiger partial charge in [-0.3, -0.25) is 39.0 Å². The number of aryl methyl sites for hydroxylation is 2. The summed E-state index contributed by atoms with van der Waals surface area (Å²) in [4.78, 5) is 62.5. The number of nitrogens with two attached hydrogens (primary N) is 2. The second kappa shape index (κ2) is 16.1. The van der Waals surface area contributed by atoms with Gasteiger partial charge in [0.2, 0.25) is 0 Å². The number of anilines is 2. The molecule has 0 fully saturated rings. The number of guanidine groups is 2. The summed E-state index contributed by atoms with van der Waals surface area (Å²) >= 11 is 0. The van der Waals surface area contributed by atoms with Crippen molar-refractivity contribution in [3.63, 3.8) is 0 Å². The molecule has 0 atom stereocenters. The first-order valence-corrected chi connectivity index (χ1v) is 15.1. The number of hydrogen-bond acceptors (Lipinski definition) is 6. The smallest absolute Gasteiger partial charge is 0.276 e. The Morgan fingerprint density at radius 1 is 0.696 bits per heavy atom. The van der Waals surface area contributed by atoms with E-state index in [1.807, 2.05) is 13.8 Å². The summed E-state index contributed by atoms with van der Waals surface area (Å²) in [6.07, 6.45) is 6.95. The molecule has 2 aromatic heterocycles. The first kappa shape index (κ1) is 35.1. The summed E-state index contributed by atoms with van der Waals surface area (Å²) in [5, 5.41) is 5.66. The Morgan fingerprint density at radius 3 is 1.35 bits per heavy atom. The molecule has 14 nitrogen and oxygen atoms in total. The molecule has 0 aliphatic rings. The molecule has 0 saturated heterocycles. The molecule has 2 heterocycles. The zero-order chi connectivity index (χ0) is 34.0. The van der Waals surface area contributed by atoms with E-state index >= 15 is 0 Å². The molecule has 0 aliphatic carbocycles. The normalized spacial score (nSPS) is 11.7. The van der Waals surface area contributed by atoms with E-state index in [0.29, 0.717) is 47.0 Å². The number of unbranched alkanes of at least 4 members (excludes halogenated alkanes) is 2. The molecule has 0 unspecified atom stereocenters. The van der Waals surface area contributed by atoms with E-state index in [-0.39, 0.29) is 23.7 Å². The number of hydrogen-bond donors (Lipinski definition) is 4. The summed E-state index contributed by atoms with van der Waals surface area (Å²) < 4.78 is 3.57. The van der Waals surface area contributed by atoms with Crippen LogP contribution in [-0.4, -0.2) is 82.7 Å². The van der Waals surface area contributed by atoms with Gasteiger partial charge < -0.3 is 31.2 Å². The lowest BCUT2D eigenvalue weighted by molar-refractivity contribution is 0.0851. The quantitative estimate of drug-likeness (QED) is 0.175. The molecule has 0 saturated carbocycles. The van der Waals surface area contributed by atoms with Crippen molar-refractivity contribution in [2.24, 2.45) is 21.5 Å². The summed E-state index contributed by atoms with van der Waals surface area (Å²) in [6, 6.07) is 9.37. The first-order valence-electron chi connectivity index (χ1n) is 15.1. The summed E-state index contributed by atoms with van der Waals surface area (Å²) in [7, 11) is 6.08. The minimum atomic E-state index is -0.406. The van der Waals surface area contributed by atoms with Gasteiger partial charge >= 0.3 is 0 Å². The third kappa shape index (κ3) is 8.40. The molecule has 6 N–H and O–H groups in total. The van der Waals surface area contributed by atoms with Gasteiger partial charge in [-0.15, -0.1) is 0 Å². The fourth-order valence-corrected chi connectivity index (χ4v) is 4.57. The number of nitrogens with one attached hydrogen (secondary N) is 2. The third-order valence-electron chi connectivity index (χ3n) is 7.42. The SMILES string of the molecule is CCCCn1cc(NC(=O)c2ccc(C(=O)Nc3cc(C(=O)N(C)C(N)=NC)n(CCCC)c3)cc2)cc1C(=O)N(C)C(N)=NC. The second-order valence-corrected chi connectivity index (χ2v) is 10.7. The van der Waals surface area contributed by atoms with Crippen LogP contribution in [0.5, 0.6) is 0 Å². The lowest BCUT2D eigenvalue weighted by Crippen LogP contribution is -2.39. The Labute approximate surface area is 269 Å². The van der Waals surface area contributed by atoms with Crippen molar-refractivity contribution in [1.82, 2.24) is 18.9 Å². The molecule has 4 amide bonds. The first-order chi connectivity index (χ1) is 21.9. The zero-order valence-electron chi connectivity index (χ0n) is 27.3. The standard InChI is InChI=1S/C32H44N10O4/c1-7-9-15-41-19-23(17-25(41)29(45)39(5)31(33)35-3)37-27(43)21-11-13-22(14-12-21)28(44)38-24-18-26(42(20-24)16-10-8-2)30(46)40(6)32(34)36-4/h11-14,17-20H,7-10,15-16H2,1-6H3,(H2,33,35)(H2,34,36)(H,37,43)(H,38,44). The molecule has 3 rings (SSSR count). The van der Waals surface area contributed by atoms with E-state index in [9.17, 15) is 19.2 Å². The van der Waals surface area contributed by atoms with Crippen LogP contribution in [0.3, 0.4) is 0 Å². The molecule has 0 aliphatic heterocycles. The predicted molar refractivity (Wildman–Crippen MR) is 180 cm³/mol. The minimum Gasteiger partial charge on any atom is -0.369 e. The zero-order valence-corrected chi connectivity index (χ0v) is 27.3. The topological polar surface area (TPSA) is 185 Å². The van der Waals surface area contributed by atoms with Gasteiger partial charge in [0.1, 0.15) is 11.4 Å². The number of benzene rings is 1. The molecule has 46 heavy (non-hydrogen) atoms. The number of rotatable bonds is 12. The van der Waals surface area contributed by atoms with Gasteiger partial charge in [0, 0.05) is 64.8 Å². The van der Waals surface area contributed by atoms with E-state index < -0.39 is 11.8 Å². The van der Waals surface area contributed by atoms with E-state index in [4.69, 9.17) is 11.5 Å². The Morgan fingerprint density at radius 2 is 1.04 bits per heavy atom. The molecule has 3 aromatic rings. The van der Waals surface area contributed by atoms with Crippen molar-refractivity contribution in [1.29, 1.82) is 0 Å². The highest BCUT2D eigenvalue weighted by molar-refractivity contribution is 6.09. The van der Waals surface area contributed by atoms with E-state index in [0.717, 1.165) is 25.7 Å². The lowest BCUT2D eigenvalue weighted by atomic mass is 10.1. The van der Waals surface area contributed by atoms with Crippen LogP contribution in [0.1, 0.15) is 81.2 Å². The Balaban J connectivity index is 1.75. The molecular weight excluding hydrogens is 588 g/mol. The van der Waals surface area contributed by atoms with Gasteiger partial charge in [-0.25, -0.2) is 0 Å². The average molecular weight is 633 g/mol. The Kier molecular flexibility index (Phi) is 12.3. The molecule has 1 aromatic carbocycles. The van der Waals surface area contributed by atoms with Crippen molar-refractivity contribution >= 4 is 46.9 Å². The van der Waals surface area contributed by atoms with Gasteiger partial charge in [0.05, 0.1) is 11.4 Å². The van der Waals surface area contributed by atoms with Crippen LogP contribution < -0.4 is 22.1 Å². The van der Waals surface area contributed by atoms with E-state index in [1.165, 1.54) is 38.0 Å². The van der Waals surface area contributed by atoms with Crippen LogP contribution in [0.4, 0.5) is 11.4 Å². The number of nitrogens with zero attached hydrogens (tertiary/aromatic N) is 6. The maximum Gasteiger partial charge on any atom is 0.276 e. The summed E-state index contributed by atoms with van der Waals surface area (Å²) in [6.45, 7) is 5.27. The van der Waals surface area contributed by atoms with Crippen LogP contribution >= 0.6 is 0 Å². The second-order valence-electron chi connectivity index (χ2n) is 10.7. The molecule has 14 heteroatoms. The monoisotopic (exact) mass is 632 g/mol.